The second kappa shape index (κ2) is 8.82. The second-order valence-corrected chi connectivity index (χ2v) is 9.80. The zero-order chi connectivity index (χ0) is 21.3. The van der Waals surface area contributed by atoms with Gasteiger partial charge < -0.3 is 0 Å². The second-order valence-electron chi connectivity index (χ2n) is 6.32. The lowest BCUT2D eigenvalue weighted by Gasteiger charge is -2.24. The molecule has 3 aromatic carbocycles. The number of hydrogen-bond acceptors (Lipinski definition) is 3. The molecule has 0 saturated heterocycles. The van der Waals surface area contributed by atoms with Gasteiger partial charge in [0.2, 0.25) is 0 Å². The summed E-state index contributed by atoms with van der Waals surface area (Å²) in [5.74, 6) is 5.92. The van der Waals surface area contributed by atoms with E-state index in [1.54, 1.807) is 42.5 Å². The van der Waals surface area contributed by atoms with Gasteiger partial charge in [0, 0.05) is 31.8 Å². The van der Waals surface area contributed by atoms with Crippen LogP contribution in [0.4, 0.5) is 0 Å². The molecule has 0 bridgehead atoms. The Hall–Kier alpha value is -1.31. The van der Waals surface area contributed by atoms with Crippen molar-refractivity contribution < 1.29 is 8.42 Å². The SMILES string of the molecule is Cc1ccc(S(=O)(=O)N(N)C(Cl)c2cc(-c3ccccc3Cl)c(Cl)cc2Cl)cc1. The van der Waals surface area contributed by atoms with Gasteiger partial charge in [0.05, 0.1) is 4.90 Å². The molecule has 0 aliphatic heterocycles. The summed E-state index contributed by atoms with van der Waals surface area (Å²) in [5, 5.41) is 1.01. The van der Waals surface area contributed by atoms with Gasteiger partial charge in [-0.1, -0.05) is 82.3 Å². The van der Waals surface area contributed by atoms with Crippen molar-refractivity contribution in [2.75, 3.05) is 0 Å². The van der Waals surface area contributed by atoms with Gasteiger partial charge >= 0.3 is 0 Å². The van der Waals surface area contributed by atoms with Crippen LogP contribution in [0.5, 0.6) is 0 Å². The van der Waals surface area contributed by atoms with Crippen molar-refractivity contribution in [2.45, 2.75) is 17.3 Å². The van der Waals surface area contributed by atoms with E-state index in [2.05, 4.69) is 0 Å². The van der Waals surface area contributed by atoms with E-state index in [0.29, 0.717) is 25.6 Å². The van der Waals surface area contributed by atoms with Gasteiger partial charge in [0.15, 0.2) is 0 Å². The van der Waals surface area contributed by atoms with E-state index in [1.165, 1.54) is 18.2 Å². The first-order valence-electron chi connectivity index (χ1n) is 8.36. The Labute approximate surface area is 189 Å². The third-order valence-corrected chi connectivity index (χ3v) is 7.49. The van der Waals surface area contributed by atoms with E-state index < -0.39 is 15.5 Å². The van der Waals surface area contributed by atoms with Crippen molar-refractivity contribution in [3.8, 4) is 11.1 Å². The third-order valence-electron chi connectivity index (χ3n) is 4.33. The summed E-state index contributed by atoms with van der Waals surface area (Å²) >= 11 is 25.4. The smallest absolute Gasteiger partial charge is 0.253 e. The normalized spacial score (nSPS) is 12.9. The number of halogens is 4. The molecular formula is C20H16Cl4N2O2S. The lowest BCUT2D eigenvalue weighted by atomic mass is 10.0. The summed E-state index contributed by atoms with van der Waals surface area (Å²) in [6.45, 7) is 1.85. The number of sulfonamides is 1. The zero-order valence-corrected chi connectivity index (χ0v) is 19.0. The maximum absolute atomic E-state index is 12.9. The van der Waals surface area contributed by atoms with Crippen LogP contribution >= 0.6 is 46.4 Å². The van der Waals surface area contributed by atoms with E-state index in [4.69, 9.17) is 52.2 Å². The summed E-state index contributed by atoms with van der Waals surface area (Å²) in [6.07, 6.45) is 0. The average Bonchev–Trinajstić information content (AvgIpc) is 2.68. The Bertz CT molecular complexity index is 1150. The molecule has 3 rings (SSSR count). The lowest BCUT2D eigenvalue weighted by molar-refractivity contribution is 0.408. The van der Waals surface area contributed by atoms with Gasteiger partial charge in [-0.25, -0.2) is 8.42 Å². The minimum absolute atomic E-state index is 0.0210. The van der Waals surface area contributed by atoms with Gasteiger partial charge in [-0.2, -0.15) is 0 Å². The van der Waals surface area contributed by atoms with E-state index in [-0.39, 0.29) is 15.5 Å². The molecule has 0 saturated carbocycles. The third kappa shape index (κ3) is 4.57. The number of hydrazine groups is 1. The molecule has 1 unspecified atom stereocenters. The van der Waals surface area contributed by atoms with E-state index >= 15 is 0 Å². The highest BCUT2D eigenvalue weighted by molar-refractivity contribution is 7.89. The fourth-order valence-electron chi connectivity index (χ4n) is 2.73. The standard InChI is InChI=1S/C20H16Cl4N2O2S/c1-12-6-8-13(9-7-12)29(27,28)26(25)20(24)16-10-15(18(22)11-19(16)23)14-4-2-3-5-17(14)21/h2-11,20H,25H2,1H3. The molecule has 1 atom stereocenters. The minimum atomic E-state index is -4.05. The number of alkyl halides is 1. The quantitative estimate of drug-likeness (QED) is 0.194. The molecule has 0 amide bonds. The van der Waals surface area contributed by atoms with Gasteiger partial charge in [0.25, 0.3) is 10.0 Å². The van der Waals surface area contributed by atoms with Crippen molar-refractivity contribution in [2.24, 2.45) is 5.84 Å². The number of rotatable bonds is 5. The molecule has 29 heavy (non-hydrogen) atoms. The zero-order valence-electron chi connectivity index (χ0n) is 15.1. The van der Waals surface area contributed by atoms with Crippen LogP contribution in [0.25, 0.3) is 11.1 Å². The van der Waals surface area contributed by atoms with Crippen molar-refractivity contribution in [1.29, 1.82) is 0 Å². The van der Waals surface area contributed by atoms with Gasteiger partial charge in [-0.15, -0.1) is 4.41 Å². The van der Waals surface area contributed by atoms with Gasteiger partial charge in [-0.05, 0) is 37.3 Å². The molecule has 0 radical (unpaired) electrons. The van der Waals surface area contributed by atoms with Crippen molar-refractivity contribution in [3.63, 3.8) is 0 Å². The predicted octanol–water partition coefficient (Wildman–Crippen LogP) is 6.42. The first kappa shape index (κ1) is 22.4. The molecular weight excluding hydrogens is 474 g/mol. The Balaban J connectivity index is 2.05. The molecule has 4 nitrogen and oxygen atoms in total. The highest BCUT2D eigenvalue weighted by Crippen LogP contribution is 2.40. The molecule has 0 aliphatic carbocycles. The fraction of sp³-hybridized carbons (Fsp3) is 0.100. The first-order valence-corrected chi connectivity index (χ1v) is 11.4. The summed E-state index contributed by atoms with van der Waals surface area (Å²) < 4.78 is 26.3. The van der Waals surface area contributed by atoms with E-state index in [9.17, 15) is 8.42 Å². The summed E-state index contributed by atoms with van der Waals surface area (Å²) in [5.41, 5.74) is 1.15. The number of aryl methyl sites for hydroxylation is 1. The minimum Gasteiger partial charge on any atom is -0.253 e. The summed E-state index contributed by atoms with van der Waals surface area (Å²) in [6, 6.07) is 16.5. The molecule has 0 heterocycles. The largest absolute Gasteiger partial charge is 0.257 e. The molecule has 0 spiro atoms. The van der Waals surface area contributed by atoms with Crippen LogP contribution < -0.4 is 5.84 Å². The Kier molecular flexibility index (Phi) is 6.81. The topological polar surface area (TPSA) is 63.4 Å². The molecule has 0 fully saturated rings. The van der Waals surface area contributed by atoms with Crippen LogP contribution in [0, 0.1) is 6.92 Å². The highest BCUT2D eigenvalue weighted by atomic mass is 35.5. The molecule has 0 aliphatic rings. The monoisotopic (exact) mass is 488 g/mol. The Morgan fingerprint density at radius 2 is 1.48 bits per heavy atom. The van der Waals surface area contributed by atoms with Crippen molar-refractivity contribution >= 4 is 56.4 Å². The molecule has 3 aromatic rings. The van der Waals surface area contributed by atoms with Crippen LogP contribution in [0.1, 0.15) is 16.6 Å². The molecule has 0 aromatic heterocycles. The molecule has 2 N–H and O–H groups in total. The van der Waals surface area contributed by atoms with E-state index in [1.807, 2.05) is 6.92 Å². The lowest BCUT2D eigenvalue weighted by Crippen LogP contribution is -2.38. The maximum Gasteiger partial charge on any atom is 0.257 e. The fourth-order valence-corrected chi connectivity index (χ4v) is 5.18. The number of benzene rings is 3. The van der Waals surface area contributed by atoms with Crippen LogP contribution in [-0.2, 0) is 10.0 Å². The van der Waals surface area contributed by atoms with Crippen LogP contribution in [0.2, 0.25) is 15.1 Å². The maximum atomic E-state index is 12.9. The number of nitrogens with zero attached hydrogens (tertiary/aromatic N) is 1. The number of hydrogen-bond donors (Lipinski definition) is 1. The summed E-state index contributed by atoms with van der Waals surface area (Å²) in [7, 11) is -4.05. The molecule has 9 heteroatoms. The van der Waals surface area contributed by atoms with Gasteiger partial charge in [-0.3, -0.25) is 5.84 Å². The van der Waals surface area contributed by atoms with Crippen molar-refractivity contribution in [3.05, 3.63) is 86.9 Å². The van der Waals surface area contributed by atoms with Gasteiger partial charge in [0.1, 0.15) is 5.50 Å². The number of nitrogens with two attached hydrogens (primary N) is 1. The highest BCUT2D eigenvalue weighted by Gasteiger charge is 2.30. The Morgan fingerprint density at radius 3 is 2.10 bits per heavy atom. The molecule has 152 valence electrons. The predicted molar refractivity (Wildman–Crippen MR) is 120 cm³/mol. The van der Waals surface area contributed by atoms with Crippen LogP contribution in [-0.4, -0.2) is 12.8 Å². The van der Waals surface area contributed by atoms with Crippen molar-refractivity contribution in [1.82, 2.24) is 4.41 Å². The average molecular weight is 490 g/mol. The van der Waals surface area contributed by atoms with Crippen LogP contribution in [0.15, 0.2) is 65.6 Å². The summed E-state index contributed by atoms with van der Waals surface area (Å²) in [4.78, 5) is 0.0210. The Morgan fingerprint density at radius 1 is 0.862 bits per heavy atom. The first-order chi connectivity index (χ1) is 13.6. The van der Waals surface area contributed by atoms with Crippen LogP contribution in [0.3, 0.4) is 0 Å². The van der Waals surface area contributed by atoms with E-state index in [0.717, 1.165) is 5.56 Å².